The molecular weight excluding hydrogens is 372 g/mol. The molecule has 2 aromatic carbocycles. The second kappa shape index (κ2) is 7.17. The number of carbonyl (C=O) groups is 1. The molecule has 5 rings (SSSR count). The van der Waals surface area contributed by atoms with Crippen molar-refractivity contribution in [2.24, 2.45) is 0 Å². The van der Waals surface area contributed by atoms with Crippen molar-refractivity contribution in [3.8, 4) is 0 Å². The molecule has 0 saturated carbocycles. The Morgan fingerprint density at radius 1 is 1.03 bits per heavy atom. The highest BCUT2D eigenvalue weighted by atomic mass is 16.2. The predicted molar refractivity (Wildman–Crippen MR) is 122 cm³/mol. The van der Waals surface area contributed by atoms with Crippen LogP contribution >= 0.6 is 0 Å². The fourth-order valence-electron chi connectivity index (χ4n) is 4.49. The summed E-state index contributed by atoms with van der Waals surface area (Å²) in [6, 6.07) is 19.0. The van der Waals surface area contributed by atoms with E-state index in [1.807, 2.05) is 24.0 Å². The van der Waals surface area contributed by atoms with Crippen molar-refractivity contribution in [3.05, 3.63) is 71.5 Å². The molecule has 1 aliphatic rings. The Labute approximate surface area is 176 Å². The van der Waals surface area contributed by atoms with E-state index in [0.29, 0.717) is 18.8 Å². The standard InChI is InChI=1S/C25H26N4O/c1-16-5-4-6-21(13-16)29-12-11-28(15-18(29)3)25(30)22-14-20-10-9-19-8-7-17(2)26-23(19)24(20)27-22/h4-10,13-14,18,26H,11-12,15H2,1-3H3/t18-/m0/s1. The van der Waals surface area contributed by atoms with E-state index < -0.39 is 0 Å². The molecule has 1 amide bonds. The molecule has 1 N–H and O–H groups in total. The number of hydrogen-bond acceptors (Lipinski definition) is 3. The third-order valence-corrected chi connectivity index (χ3v) is 6.07. The van der Waals surface area contributed by atoms with Crippen LogP contribution in [0.2, 0.25) is 0 Å². The zero-order valence-corrected chi connectivity index (χ0v) is 17.6. The van der Waals surface area contributed by atoms with Crippen molar-refractivity contribution in [2.45, 2.75) is 26.8 Å². The number of hydrogen-bond donors (Lipinski definition) is 1. The van der Waals surface area contributed by atoms with Gasteiger partial charge in [-0.05, 0) is 50.6 Å². The molecule has 3 heterocycles. The van der Waals surface area contributed by atoms with Gasteiger partial charge in [-0.3, -0.25) is 4.79 Å². The average Bonchev–Trinajstić information content (AvgIpc) is 3.18. The number of pyridine rings is 1. The Bertz CT molecular complexity index is 1260. The molecule has 30 heavy (non-hydrogen) atoms. The monoisotopic (exact) mass is 398 g/mol. The first-order chi connectivity index (χ1) is 14.5. The summed E-state index contributed by atoms with van der Waals surface area (Å²) in [7, 11) is 0. The summed E-state index contributed by atoms with van der Waals surface area (Å²) in [4.78, 5) is 25.7. The smallest absolute Gasteiger partial charge is 0.272 e. The van der Waals surface area contributed by atoms with E-state index in [0.717, 1.165) is 34.0 Å². The fourth-order valence-corrected chi connectivity index (χ4v) is 4.49. The van der Waals surface area contributed by atoms with Gasteiger partial charge in [-0.25, -0.2) is 4.98 Å². The van der Waals surface area contributed by atoms with E-state index in [2.05, 4.69) is 66.2 Å². The summed E-state index contributed by atoms with van der Waals surface area (Å²) in [5.41, 5.74) is 5.94. The van der Waals surface area contributed by atoms with Gasteiger partial charge in [0, 0.05) is 47.8 Å². The molecule has 5 nitrogen and oxygen atoms in total. The van der Waals surface area contributed by atoms with E-state index in [9.17, 15) is 4.79 Å². The molecule has 1 atom stereocenters. The van der Waals surface area contributed by atoms with E-state index in [1.165, 1.54) is 11.3 Å². The number of rotatable bonds is 2. The maximum Gasteiger partial charge on any atom is 0.272 e. The minimum Gasteiger partial charge on any atom is -0.365 e. The number of fused-ring (bicyclic) bond motifs is 3. The van der Waals surface area contributed by atoms with Crippen molar-refractivity contribution in [1.29, 1.82) is 0 Å². The lowest BCUT2D eigenvalue weighted by atomic mass is 10.1. The van der Waals surface area contributed by atoms with Crippen LogP contribution in [0.5, 0.6) is 0 Å². The average molecular weight is 399 g/mol. The number of aryl methyl sites for hydroxylation is 2. The molecule has 0 aliphatic carbocycles. The van der Waals surface area contributed by atoms with Gasteiger partial charge >= 0.3 is 0 Å². The second-order valence-electron chi connectivity index (χ2n) is 8.38. The van der Waals surface area contributed by atoms with Crippen LogP contribution in [0.3, 0.4) is 0 Å². The third-order valence-electron chi connectivity index (χ3n) is 6.07. The molecule has 0 radical (unpaired) electrons. The highest BCUT2D eigenvalue weighted by Crippen LogP contribution is 2.26. The lowest BCUT2D eigenvalue weighted by Gasteiger charge is -2.41. The zero-order chi connectivity index (χ0) is 20.8. The molecule has 0 bridgehead atoms. The number of nitrogens with zero attached hydrogens (tertiary/aromatic N) is 3. The van der Waals surface area contributed by atoms with E-state index in [4.69, 9.17) is 4.98 Å². The van der Waals surface area contributed by atoms with Gasteiger partial charge in [0.2, 0.25) is 0 Å². The number of carbonyl (C=O) groups excluding carboxylic acids is 1. The SMILES string of the molecule is Cc1cccc(N2CCN(C(=O)c3cc4ccc5ccc(C)[nH]c5c4n3)C[C@@H]2C)c1. The van der Waals surface area contributed by atoms with Gasteiger partial charge in [0.05, 0.1) is 11.0 Å². The fraction of sp³-hybridized carbons (Fsp3) is 0.280. The van der Waals surface area contributed by atoms with E-state index >= 15 is 0 Å². The van der Waals surface area contributed by atoms with Crippen molar-refractivity contribution < 1.29 is 4.79 Å². The third kappa shape index (κ3) is 3.20. The Balaban J connectivity index is 1.40. The normalized spacial score (nSPS) is 17.1. The van der Waals surface area contributed by atoms with E-state index in [-0.39, 0.29) is 11.9 Å². The number of aromatic amines is 1. The van der Waals surface area contributed by atoms with Crippen molar-refractivity contribution in [2.75, 3.05) is 24.5 Å². The molecule has 4 aromatic rings. The van der Waals surface area contributed by atoms with Crippen LogP contribution in [0.15, 0.2) is 54.6 Å². The summed E-state index contributed by atoms with van der Waals surface area (Å²) in [5.74, 6) is 0.0164. The Hall–Kier alpha value is -3.34. The Morgan fingerprint density at radius 3 is 2.63 bits per heavy atom. The Kier molecular flexibility index (Phi) is 4.46. The molecular formula is C25H26N4O. The highest BCUT2D eigenvalue weighted by molar-refractivity contribution is 6.07. The van der Waals surface area contributed by atoms with Crippen LogP contribution in [0, 0.1) is 13.8 Å². The summed E-state index contributed by atoms with van der Waals surface area (Å²) < 4.78 is 0. The first-order valence-corrected chi connectivity index (χ1v) is 10.5. The largest absolute Gasteiger partial charge is 0.365 e. The maximum atomic E-state index is 13.2. The van der Waals surface area contributed by atoms with Crippen molar-refractivity contribution in [3.63, 3.8) is 0 Å². The van der Waals surface area contributed by atoms with Gasteiger partial charge in [0.25, 0.3) is 5.91 Å². The molecule has 152 valence electrons. The van der Waals surface area contributed by atoms with Gasteiger partial charge in [-0.2, -0.15) is 0 Å². The first-order valence-electron chi connectivity index (χ1n) is 10.5. The summed E-state index contributed by atoms with van der Waals surface area (Å²) in [5, 5.41) is 2.10. The van der Waals surface area contributed by atoms with Gasteiger partial charge < -0.3 is 14.8 Å². The number of anilines is 1. The van der Waals surface area contributed by atoms with E-state index in [1.54, 1.807) is 0 Å². The molecule has 2 aromatic heterocycles. The molecule has 1 aliphatic heterocycles. The highest BCUT2D eigenvalue weighted by Gasteiger charge is 2.28. The number of aromatic nitrogens is 2. The number of benzene rings is 2. The first kappa shape index (κ1) is 18.7. The minimum atomic E-state index is 0.0164. The van der Waals surface area contributed by atoms with Crippen LogP contribution in [-0.2, 0) is 0 Å². The zero-order valence-electron chi connectivity index (χ0n) is 17.6. The summed E-state index contributed by atoms with van der Waals surface area (Å²) in [6.45, 7) is 8.55. The lowest BCUT2D eigenvalue weighted by molar-refractivity contribution is 0.0721. The number of H-pyrrole nitrogens is 1. The topological polar surface area (TPSA) is 52.2 Å². The number of piperazine rings is 1. The van der Waals surface area contributed by atoms with Gasteiger partial charge in [0.15, 0.2) is 0 Å². The predicted octanol–water partition coefficient (Wildman–Crippen LogP) is 4.68. The van der Waals surface area contributed by atoms with Crippen molar-refractivity contribution >= 4 is 33.4 Å². The van der Waals surface area contributed by atoms with Crippen LogP contribution in [0.1, 0.15) is 28.7 Å². The number of amides is 1. The van der Waals surface area contributed by atoms with Gasteiger partial charge in [0.1, 0.15) is 5.69 Å². The molecule has 1 saturated heterocycles. The quantitative estimate of drug-likeness (QED) is 0.533. The summed E-state index contributed by atoms with van der Waals surface area (Å²) in [6.07, 6.45) is 0. The van der Waals surface area contributed by atoms with Crippen molar-refractivity contribution in [1.82, 2.24) is 14.9 Å². The molecule has 0 spiro atoms. The molecule has 0 unspecified atom stereocenters. The lowest BCUT2D eigenvalue weighted by Crippen LogP contribution is -2.53. The van der Waals surface area contributed by atoms with Crippen LogP contribution < -0.4 is 4.90 Å². The second-order valence-corrected chi connectivity index (χ2v) is 8.38. The van der Waals surface area contributed by atoms with Crippen LogP contribution in [0.4, 0.5) is 5.69 Å². The maximum absolute atomic E-state index is 13.2. The number of nitrogens with one attached hydrogen (secondary N) is 1. The van der Waals surface area contributed by atoms with Crippen LogP contribution in [0.25, 0.3) is 21.8 Å². The molecule has 1 fully saturated rings. The summed E-state index contributed by atoms with van der Waals surface area (Å²) >= 11 is 0. The van der Waals surface area contributed by atoms with Gasteiger partial charge in [-0.15, -0.1) is 0 Å². The van der Waals surface area contributed by atoms with Crippen LogP contribution in [-0.4, -0.2) is 46.5 Å². The van der Waals surface area contributed by atoms with Gasteiger partial charge in [-0.1, -0.05) is 30.3 Å². The Morgan fingerprint density at radius 2 is 1.83 bits per heavy atom. The molecule has 5 heteroatoms. The minimum absolute atomic E-state index is 0.0164.